The van der Waals surface area contributed by atoms with Crippen molar-refractivity contribution < 1.29 is 57.4 Å². The van der Waals surface area contributed by atoms with Gasteiger partial charge in [-0.25, -0.2) is 9.59 Å². The first-order valence-electron chi connectivity index (χ1n) is 2.28. The van der Waals surface area contributed by atoms with Gasteiger partial charge in [0, 0.05) is 0 Å². The molecule has 11 heteroatoms. The molecule has 14 N–H and O–H groups in total. The number of carboxylic acid groups (broad SMARTS) is 2. The molecule has 0 saturated heterocycles. The third-order valence-corrected chi connectivity index (χ3v) is 0.805. The van der Waals surface area contributed by atoms with Gasteiger partial charge in [-0.3, -0.25) is 0 Å². The number of aliphatic hydroxyl groups excluding tert-OH is 2. The number of carboxylic acids is 2. The van der Waals surface area contributed by atoms with Crippen LogP contribution in [0, 0.1) is 0 Å². The highest BCUT2D eigenvalue weighted by Crippen LogP contribution is 1.92. The second kappa shape index (κ2) is 15.1. The van der Waals surface area contributed by atoms with Crippen molar-refractivity contribution >= 4 is 11.9 Å². The van der Waals surface area contributed by atoms with Crippen molar-refractivity contribution in [2.45, 2.75) is 12.2 Å². The van der Waals surface area contributed by atoms with Gasteiger partial charge in [0.1, 0.15) is 0 Å². The Morgan fingerprint density at radius 3 is 0.867 bits per heavy atom. The van der Waals surface area contributed by atoms with E-state index in [0.717, 1.165) is 0 Å². The van der Waals surface area contributed by atoms with Crippen LogP contribution in [0.25, 0.3) is 0 Å². The zero-order valence-electron chi connectivity index (χ0n) is 7.26. The first-order chi connectivity index (χ1) is 4.46. The molecular weight excluding hydrogens is 224 g/mol. The van der Waals surface area contributed by atoms with E-state index in [0.29, 0.717) is 0 Å². The standard InChI is InChI=1S/C4H6O6.5H2O/c5-1(3(7)8)2(6)4(9)10;;;;;/h1-2,5-6H,(H,7,8)(H,9,10);5*1H2. The zero-order valence-corrected chi connectivity index (χ0v) is 7.26. The maximum absolute atomic E-state index is 9.77. The maximum Gasteiger partial charge on any atom is 0.335 e. The van der Waals surface area contributed by atoms with Crippen LogP contribution in [0.4, 0.5) is 0 Å². The lowest BCUT2D eigenvalue weighted by molar-refractivity contribution is -0.165. The molecule has 0 aliphatic rings. The fourth-order valence-electron chi connectivity index (χ4n) is 0.270. The number of carbonyl (C=O) groups is 2. The van der Waals surface area contributed by atoms with Crippen LogP contribution in [0.5, 0.6) is 0 Å². The third kappa shape index (κ3) is 12.7. The minimum absolute atomic E-state index is 0. The molecular formula is C4H16O11. The molecule has 0 amide bonds. The van der Waals surface area contributed by atoms with E-state index in [1.807, 2.05) is 0 Å². The second-order valence-electron chi connectivity index (χ2n) is 1.57. The van der Waals surface area contributed by atoms with E-state index in [9.17, 15) is 9.59 Å². The molecule has 98 valence electrons. The minimum atomic E-state index is -2.27. The average Bonchev–Trinajstić information content (AvgIpc) is 1.84. The molecule has 11 nitrogen and oxygen atoms in total. The van der Waals surface area contributed by atoms with Gasteiger partial charge in [0.15, 0.2) is 12.2 Å². The predicted octanol–water partition coefficient (Wildman–Crippen LogP) is -6.25. The predicted molar refractivity (Wildman–Crippen MR) is 45.4 cm³/mol. The molecule has 0 aliphatic heterocycles. The molecule has 0 aromatic carbocycles. The fraction of sp³-hybridized carbons (Fsp3) is 0.500. The Morgan fingerprint density at radius 1 is 0.667 bits per heavy atom. The van der Waals surface area contributed by atoms with Crippen molar-refractivity contribution in [3.63, 3.8) is 0 Å². The summed E-state index contributed by atoms with van der Waals surface area (Å²) in [6.45, 7) is 0. The van der Waals surface area contributed by atoms with Gasteiger partial charge in [-0.05, 0) is 0 Å². The summed E-state index contributed by atoms with van der Waals surface area (Å²) >= 11 is 0. The van der Waals surface area contributed by atoms with Gasteiger partial charge in [-0.15, -0.1) is 0 Å². The molecule has 0 spiro atoms. The summed E-state index contributed by atoms with van der Waals surface area (Å²) in [5.41, 5.74) is 0. The highest BCUT2D eigenvalue weighted by Gasteiger charge is 2.29. The van der Waals surface area contributed by atoms with E-state index < -0.39 is 24.1 Å². The second-order valence-corrected chi connectivity index (χ2v) is 1.57. The monoisotopic (exact) mass is 240 g/mol. The van der Waals surface area contributed by atoms with E-state index in [1.54, 1.807) is 0 Å². The van der Waals surface area contributed by atoms with Crippen LogP contribution < -0.4 is 0 Å². The van der Waals surface area contributed by atoms with Crippen LogP contribution in [0.15, 0.2) is 0 Å². The molecule has 0 aromatic heterocycles. The van der Waals surface area contributed by atoms with Gasteiger partial charge in [-0.2, -0.15) is 0 Å². The van der Waals surface area contributed by atoms with Crippen molar-refractivity contribution in [2.75, 3.05) is 0 Å². The van der Waals surface area contributed by atoms with Crippen LogP contribution in [0.3, 0.4) is 0 Å². The highest BCUT2D eigenvalue weighted by atomic mass is 16.4. The Balaban J connectivity index is -0.0000000405. The molecule has 2 unspecified atom stereocenters. The lowest BCUT2D eigenvalue weighted by Crippen LogP contribution is -2.39. The summed E-state index contributed by atoms with van der Waals surface area (Å²) in [5, 5.41) is 32.5. The molecule has 0 aromatic rings. The summed E-state index contributed by atoms with van der Waals surface area (Å²) < 4.78 is 0. The molecule has 2 atom stereocenters. The number of aliphatic hydroxyl groups is 2. The van der Waals surface area contributed by atoms with E-state index >= 15 is 0 Å². The van der Waals surface area contributed by atoms with Gasteiger partial charge in [-0.1, -0.05) is 0 Å². The van der Waals surface area contributed by atoms with Gasteiger partial charge in [0.25, 0.3) is 0 Å². The highest BCUT2D eigenvalue weighted by molar-refractivity contribution is 5.82. The molecule has 0 bridgehead atoms. The minimum Gasteiger partial charge on any atom is -0.479 e. The van der Waals surface area contributed by atoms with Crippen molar-refractivity contribution in [1.82, 2.24) is 0 Å². The third-order valence-electron chi connectivity index (χ3n) is 0.805. The van der Waals surface area contributed by atoms with Crippen molar-refractivity contribution in [3.8, 4) is 0 Å². The van der Waals surface area contributed by atoms with Gasteiger partial charge >= 0.3 is 11.9 Å². The molecule has 0 aliphatic carbocycles. The van der Waals surface area contributed by atoms with Crippen LogP contribution in [0.1, 0.15) is 0 Å². The van der Waals surface area contributed by atoms with Crippen molar-refractivity contribution in [2.24, 2.45) is 0 Å². The molecule has 0 saturated carbocycles. The molecule has 0 radical (unpaired) electrons. The largest absolute Gasteiger partial charge is 0.479 e. The first kappa shape index (κ1) is 37.3. The smallest absolute Gasteiger partial charge is 0.335 e. The SMILES string of the molecule is O.O.O.O.O.O=C(O)C(O)C(O)C(=O)O. The van der Waals surface area contributed by atoms with Gasteiger partial charge < -0.3 is 47.8 Å². The zero-order chi connectivity index (χ0) is 8.31. The summed E-state index contributed by atoms with van der Waals surface area (Å²) in [6, 6.07) is 0. The van der Waals surface area contributed by atoms with Crippen LogP contribution in [-0.4, -0.2) is 72.0 Å². The summed E-state index contributed by atoms with van der Waals surface area (Å²) in [5.74, 6) is -3.54. The lowest BCUT2D eigenvalue weighted by atomic mass is 10.2. The average molecular weight is 240 g/mol. The van der Waals surface area contributed by atoms with E-state index in [2.05, 4.69) is 0 Å². The Hall–Kier alpha value is -1.34. The lowest BCUT2D eigenvalue weighted by Gasteiger charge is -2.07. The number of hydrogen-bond donors (Lipinski definition) is 4. The Bertz CT molecular complexity index is 137. The number of aliphatic carboxylic acids is 2. The molecule has 15 heavy (non-hydrogen) atoms. The molecule has 0 fully saturated rings. The van der Waals surface area contributed by atoms with Gasteiger partial charge in [0.05, 0.1) is 0 Å². The number of hydrogen-bond acceptors (Lipinski definition) is 4. The van der Waals surface area contributed by atoms with Crippen LogP contribution in [0.2, 0.25) is 0 Å². The summed E-state index contributed by atoms with van der Waals surface area (Å²) in [7, 11) is 0. The van der Waals surface area contributed by atoms with Crippen molar-refractivity contribution in [3.05, 3.63) is 0 Å². The number of rotatable bonds is 3. The Morgan fingerprint density at radius 2 is 0.800 bits per heavy atom. The van der Waals surface area contributed by atoms with E-state index in [1.165, 1.54) is 0 Å². The van der Waals surface area contributed by atoms with Crippen LogP contribution in [-0.2, 0) is 9.59 Å². The maximum atomic E-state index is 9.77. The molecule has 0 heterocycles. The van der Waals surface area contributed by atoms with E-state index in [-0.39, 0.29) is 27.4 Å². The Labute approximate surface area is 82.7 Å². The molecule has 0 rings (SSSR count). The first-order valence-corrected chi connectivity index (χ1v) is 2.28. The van der Waals surface area contributed by atoms with Gasteiger partial charge in [0.2, 0.25) is 0 Å². The quantitative estimate of drug-likeness (QED) is 0.371. The normalized spacial score (nSPS) is 10.5. The fourth-order valence-corrected chi connectivity index (χ4v) is 0.270. The van der Waals surface area contributed by atoms with E-state index in [4.69, 9.17) is 20.4 Å². The summed E-state index contributed by atoms with van der Waals surface area (Å²) in [4.78, 5) is 19.5. The summed E-state index contributed by atoms with van der Waals surface area (Å²) in [6.07, 6.45) is -4.53. The van der Waals surface area contributed by atoms with Crippen molar-refractivity contribution in [1.29, 1.82) is 0 Å². The Kier molecular flexibility index (Phi) is 37.7. The topological polar surface area (TPSA) is 273 Å². The van der Waals surface area contributed by atoms with Crippen LogP contribution >= 0.6 is 0 Å².